The van der Waals surface area contributed by atoms with Crippen LogP contribution in [0.2, 0.25) is 0 Å². The minimum Gasteiger partial charge on any atom is -0.388 e. The van der Waals surface area contributed by atoms with Gasteiger partial charge in [0.1, 0.15) is 0 Å². The van der Waals surface area contributed by atoms with E-state index in [1.807, 2.05) is 26.0 Å². The van der Waals surface area contributed by atoms with Crippen LogP contribution in [0.5, 0.6) is 0 Å². The largest absolute Gasteiger partial charge is 0.388 e. The normalized spacial score (nSPS) is 13.7. The van der Waals surface area contributed by atoms with E-state index < -0.39 is 16.1 Å². The minimum absolute atomic E-state index is 0.0389. The van der Waals surface area contributed by atoms with E-state index >= 15 is 0 Å². The third kappa shape index (κ3) is 4.16. The Morgan fingerprint density at radius 1 is 1.36 bits per heavy atom. The number of imidazole rings is 1. The van der Waals surface area contributed by atoms with Gasteiger partial charge >= 0.3 is 0 Å². The molecule has 0 fully saturated rings. The highest BCUT2D eigenvalue weighted by Crippen LogP contribution is 2.23. The van der Waals surface area contributed by atoms with Gasteiger partial charge in [-0.15, -0.1) is 11.3 Å². The molecule has 0 aliphatic carbocycles. The maximum absolute atomic E-state index is 12.1. The van der Waals surface area contributed by atoms with Gasteiger partial charge in [-0.05, 0) is 39.3 Å². The Hall–Kier alpha value is -1.22. The van der Waals surface area contributed by atoms with Crippen LogP contribution in [0.3, 0.4) is 0 Å². The van der Waals surface area contributed by atoms with Crippen LogP contribution in [0, 0.1) is 0 Å². The predicted octanol–water partition coefficient (Wildman–Crippen LogP) is 2.10. The van der Waals surface area contributed by atoms with Crippen molar-refractivity contribution in [3.8, 4) is 0 Å². The van der Waals surface area contributed by atoms with Gasteiger partial charge in [0.2, 0.25) is 0 Å². The van der Waals surface area contributed by atoms with Crippen molar-refractivity contribution < 1.29 is 13.5 Å². The molecule has 0 saturated heterocycles. The van der Waals surface area contributed by atoms with E-state index in [0.717, 1.165) is 9.75 Å². The molecule has 0 bridgehead atoms. The third-order valence-corrected chi connectivity index (χ3v) is 5.87. The van der Waals surface area contributed by atoms with Gasteiger partial charge in [-0.25, -0.2) is 18.1 Å². The number of aliphatic hydroxyl groups excluding tert-OH is 1. The maximum Gasteiger partial charge on any atom is 0.259 e. The summed E-state index contributed by atoms with van der Waals surface area (Å²) < 4.78 is 28.6. The molecular formula is C14H21N3O3S2. The zero-order valence-corrected chi connectivity index (χ0v) is 14.5. The molecule has 2 aromatic rings. The molecule has 0 aromatic carbocycles. The Morgan fingerprint density at radius 3 is 2.64 bits per heavy atom. The van der Waals surface area contributed by atoms with Crippen LogP contribution >= 0.6 is 11.3 Å². The van der Waals surface area contributed by atoms with Gasteiger partial charge in [-0.3, -0.25) is 0 Å². The first kappa shape index (κ1) is 17.1. The first-order chi connectivity index (χ1) is 10.3. The van der Waals surface area contributed by atoms with Crippen LogP contribution in [0.4, 0.5) is 0 Å². The van der Waals surface area contributed by atoms with Crippen molar-refractivity contribution in [2.75, 3.05) is 6.54 Å². The quantitative estimate of drug-likeness (QED) is 0.806. The Morgan fingerprint density at radius 2 is 2.09 bits per heavy atom. The van der Waals surface area contributed by atoms with E-state index in [4.69, 9.17) is 0 Å². The molecule has 1 atom stereocenters. The lowest BCUT2D eigenvalue weighted by Gasteiger charge is -2.05. The molecule has 0 aliphatic rings. The van der Waals surface area contributed by atoms with Crippen LogP contribution in [-0.2, 0) is 16.4 Å². The van der Waals surface area contributed by atoms with Crippen LogP contribution < -0.4 is 4.72 Å². The van der Waals surface area contributed by atoms with Gasteiger partial charge in [0.25, 0.3) is 10.0 Å². The second-order valence-corrected chi connectivity index (χ2v) is 8.29. The number of sulfonamides is 1. The summed E-state index contributed by atoms with van der Waals surface area (Å²) in [5, 5.41) is 9.51. The number of nitrogens with zero attached hydrogens (tertiary/aromatic N) is 2. The Balaban J connectivity index is 1.94. The smallest absolute Gasteiger partial charge is 0.259 e. The van der Waals surface area contributed by atoms with Crippen LogP contribution in [0.1, 0.15) is 42.7 Å². The van der Waals surface area contributed by atoms with E-state index in [1.165, 1.54) is 23.9 Å². The number of hydrogen-bond donors (Lipinski definition) is 2. The lowest BCUT2D eigenvalue weighted by Crippen LogP contribution is -2.26. The third-order valence-electron chi connectivity index (χ3n) is 3.21. The maximum atomic E-state index is 12.1. The van der Waals surface area contributed by atoms with E-state index in [0.29, 0.717) is 13.0 Å². The van der Waals surface area contributed by atoms with E-state index in [9.17, 15) is 13.5 Å². The molecule has 2 N–H and O–H groups in total. The van der Waals surface area contributed by atoms with Gasteiger partial charge < -0.3 is 9.67 Å². The molecule has 2 heterocycles. The summed E-state index contributed by atoms with van der Waals surface area (Å²) in [6.45, 7) is 5.93. The number of rotatable bonds is 7. The Labute approximate surface area is 134 Å². The topological polar surface area (TPSA) is 84.2 Å². The summed E-state index contributed by atoms with van der Waals surface area (Å²) in [5.74, 6) is 0. The number of thiophene rings is 1. The molecule has 6 nitrogen and oxygen atoms in total. The fraction of sp³-hybridized carbons (Fsp3) is 0.500. The second-order valence-electron chi connectivity index (χ2n) is 5.38. The van der Waals surface area contributed by atoms with Crippen molar-refractivity contribution in [3.05, 3.63) is 34.4 Å². The van der Waals surface area contributed by atoms with Crippen LogP contribution in [-0.4, -0.2) is 29.6 Å². The average Bonchev–Trinajstić information content (AvgIpc) is 3.07. The van der Waals surface area contributed by atoms with E-state index in [-0.39, 0.29) is 11.1 Å². The highest BCUT2D eigenvalue weighted by Gasteiger charge is 2.17. The monoisotopic (exact) mass is 343 g/mol. The molecule has 8 heteroatoms. The summed E-state index contributed by atoms with van der Waals surface area (Å²) in [4.78, 5) is 5.86. The van der Waals surface area contributed by atoms with Gasteiger partial charge in [0.15, 0.2) is 5.03 Å². The molecule has 2 rings (SSSR count). The predicted molar refractivity (Wildman–Crippen MR) is 86.5 cm³/mol. The van der Waals surface area contributed by atoms with E-state index in [2.05, 4.69) is 9.71 Å². The Bertz CT molecular complexity index is 717. The van der Waals surface area contributed by atoms with Crippen molar-refractivity contribution in [2.24, 2.45) is 0 Å². The molecule has 122 valence electrons. The summed E-state index contributed by atoms with van der Waals surface area (Å²) in [6, 6.07) is 3.94. The highest BCUT2D eigenvalue weighted by molar-refractivity contribution is 7.89. The zero-order chi connectivity index (χ0) is 16.3. The second kappa shape index (κ2) is 6.91. The molecule has 0 amide bonds. The molecule has 0 unspecified atom stereocenters. The minimum atomic E-state index is -3.58. The van der Waals surface area contributed by atoms with Gasteiger partial charge in [0.05, 0.1) is 12.4 Å². The lowest BCUT2D eigenvalue weighted by molar-refractivity contribution is 0.203. The van der Waals surface area contributed by atoms with Gasteiger partial charge in [-0.2, -0.15) is 0 Å². The van der Waals surface area contributed by atoms with Crippen molar-refractivity contribution in [1.82, 2.24) is 14.3 Å². The van der Waals surface area contributed by atoms with Crippen molar-refractivity contribution >= 4 is 21.4 Å². The molecule has 0 spiro atoms. The molecule has 0 aliphatic heterocycles. The van der Waals surface area contributed by atoms with Gasteiger partial charge in [-0.1, -0.05) is 0 Å². The van der Waals surface area contributed by atoms with Crippen LogP contribution in [0.25, 0.3) is 0 Å². The summed E-state index contributed by atoms with van der Waals surface area (Å²) >= 11 is 1.49. The standard InChI is InChI=1S/C14H21N3O3S2/c1-10(2)17-8-14(15-9-17)22(19,20)16-7-6-12-4-5-13(21-12)11(3)18/h4-5,8-11,16,18H,6-7H2,1-3H3/t11-/m0/s1. The summed E-state index contributed by atoms with van der Waals surface area (Å²) in [5.41, 5.74) is 0. The summed E-state index contributed by atoms with van der Waals surface area (Å²) in [6.07, 6.45) is 3.15. The first-order valence-electron chi connectivity index (χ1n) is 7.09. The van der Waals surface area contributed by atoms with E-state index in [1.54, 1.807) is 11.5 Å². The average molecular weight is 343 g/mol. The SMILES string of the molecule is CC(C)n1cnc(S(=O)(=O)NCCc2ccc([C@H](C)O)s2)c1. The van der Waals surface area contributed by atoms with Crippen molar-refractivity contribution in [1.29, 1.82) is 0 Å². The number of nitrogens with one attached hydrogen (secondary N) is 1. The molecular weight excluding hydrogens is 322 g/mol. The number of aliphatic hydroxyl groups is 1. The lowest BCUT2D eigenvalue weighted by atomic mass is 10.3. The van der Waals surface area contributed by atoms with Gasteiger partial charge in [0, 0.05) is 28.5 Å². The fourth-order valence-electron chi connectivity index (χ4n) is 1.87. The highest BCUT2D eigenvalue weighted by atomic mass is 32.2. The zero-order valence-electron chi connectivity index (χ0n) is 12.9. The molecule has 0 saturated carbocycles. The fourth-order valence-corrected chi connectivity index (χ4v) is 3.79. The van der Waals surface area contributed by atoms with Crippen molar-refractivity contribution in [2.45, 2.75) is 44.4 Å². The summed E-state index contributed by atoms with van der Waals surface area (Å²) in [7, 11) is -3.58. The number of aromatic nitrogens is 2. The molecule has 0 radical (unpaired) electrons. The number of hydrogen-bond acceptors (Lipinski definition) is 5. The molecule has 22 heavy (non-hydrogen) atoms. The van der Waals surface area contributed by atoms with Crippen molar-refractivity contribution in [3.63, 3.8) is 0 Å². The van der Waals surface area contributed by atoms with Crippen LogP contribution in [0.15, 0.2) is 29.7 Å². The Kier molecular flexibility index (Phi) is 5.38. The first-order valence-corrected chi connectivity index (χ1v) is 9.39. The molecule has 2 aromatic heterocycles.